The summed E-state index contributed by atoms with van der Waals surface area (Å²) in [6.07, 6.45) is 1.57. The minimum atomic E-state index is -0.426. The molecule has 0 bridgehead atoms. The molecule has 112 valence electrons. The summed E-state index contributed by atoms with van der Waals surface area (Å²) in [4.78, 5) is 26.7. The number of furan rings is 1. The van der Waals surface area contributed by atoms with Crippen molar-refractivity contribution in [2.75, 3.05) is 5.75 Å². The zero-order chi connectivity index (χ0) is 15.1. The van der Waals surface area contributed by atoms with Gasteiger partial charge in [-0.15, -0.1) is 11.8 Å². The van der Waals surface area contributed by atoms with E-state index in [4.69, 9.17) is 4.42 Å². The summed E-state index contributed by atoms with van der Waals surface area (Å²) in [5.74, 6) is 1.14. The van der Waals surface area contributed by atoms with Crippen LogP contribution in [0.15, 0.2) is 47.1 Å². The zero-order valence-corrected chi connectivity index (χ0v) is 12.5. The number of benzene rings is 1. The molecule has 1 aromatic heterocycles. The van der Waals surface area contributed by atoms with Gasteiger partial charge in [-0.3, -0.25) is 9.59 Å². The Morgan fingerprint density at radius 1 is 1.32 bits per heavy atom. The molecule has 2 atom stereocenters. The van der Waals surface area contributed by atoms with Crippen LogP contribution in [-0.2, 0) is 11.3 Å². The number of fused-ring (bicyclic) bond motifs is 3. The van der Waals surface area contributed by atoms with Gasteiger partial charge in [-0.25, -0.2) is 0 Å². The molecule has 1 aromatic carbocycles. The molecule has 2 aliphatic rings. The van der Waals surface area contributed by atoms with E-state index in [2.05, 4.69) is 5.32 Å². The van der Waals surface area contributed by atoms with Crippen LogP contribution in [0, 0.1) is 0 Å². The van der Waals surface area contributed by atoms with Crippen LogP contribution < -0.4 is 5.32 Å². The first kappa shape index (κ1) is 13.5. The molecule has 1 saturated heterocycles. The first-order valence-corrected chi connectivity index (χ1v) is 8.14. The standard InChI is InChI=1S/C16H14N2O3S/c19-14(17-8-10-4-3-7-21-10)13-9-22-16-12-6-2-1-5-11(12)15(20)18(13)16/h1-7,13,16H,8-9H2,(H,17,19)/t13-,16-/m0/s1. The number of nitrogens with one attached hydrogen (secondary N) is 1. The molecule has 6 heteroatoms. The maximum absolute atomic E-state index is 12.5. The summed E-state index contributed by atoms with van der Waals surface area (Å²) in [7, 11) is 0. The number of carbonyl (C=O) groups excluding carboxylic acids is 2. The van der Waals surface area contributed by atoms with E-state index in [1.807, 2.05) is 30.3 Å². The quantitative estimate of drug-likeness (QED) is 0.943. The van der Waals surface area contributed by atoms with E-state index in [0.29, 0.717) is 23.6 Å². The second-order valence-corrected chi connectivity index (χ2v) is 6.41. The van der Waals surface area contributed by atoms with Crippen molar-refractivity contribution >= 4 is 23.6 Å². The lowest BCUT2D eigenvalue weighted by Gasteiger charge is -2.22. The molecule has 0 saturated carbocycles. The van der Waals surface area contributed by atoms with Crippen LogP contribution in [0.5, 0.6) is 0 Å². The highest BCUT2D eigenvalue weighted by Crippen LogP contribution is 2.47. The highest BCUT2D eigenvalue weighted by Gasteiger charge is 2.48. The van der Waals surface area contributed by atoms with E-state index < -0.39 is 6.04 Å². The number of amides is 2. The van der Waals surface area contributed by atoms with E-state index in [1.165, 1.54) is 0 Å². The maximum atomic E-state index is 12.5. The Labute approximate surface area is 131 Å². The molecule has 1 fully saturated rings. The number of rotatable bonds is 3. The van der Waals surface area contributed by atoms with Crippen molar-refractivity contribution < 1.29 is 14.0 Å². The lowest BCUT2D eigenvalue weighted by Crippen LogP contribution is -2.45. The van der Waals surface area contributed by atoms with Gasteiger partial charge in [0.25, 0.3) is 5.91 Å². The second-order valence-electron chi connectivity index (χ2n) is 5.30. The summed E-state index contributed by atoms with van der Waals surface area (Å²) in [6.45, 7) is 0.340. The van der Waals surface area contributed by atoms with Gasteiger partial charge in [-0.2, -0.15) is 0 Å². The lowest BCUT2D eigenvalue weighted by molar-refractivity contribution is -0.125. The fourth-order valence-corrected chi connectivity index (χ4v) is 4.41. The topological polar surface area (TPSA) is 62.6 Å². The Kier molecular flexibility index (Phi) is 3.18. The second kappa shape index (κ2) is 5.21. The third kappa shape index (κ3) is 2.02. The van der Waals surface area contributed by atoms with Gasteiger partial charge in [-0.1, -0.05) is 18.2 Å². The number of thioether (sulfide) groups is 1. The van der Waals surface area contributed by atoms with Crippen LogP contribution in [0.3, 0.4) is 0 Å². The van der Waals surface area contributed by atoms with Crippen molar-refractivity contribution in [1.82, 2.24) is 10.2 Å². The summed E-state index contributed by atoms with van der Waals surface area (Å²) in [5.41, 5.74) is 1.72. The van der Waals surface area contributed by atoms with Crippen molar-refractivity contribution in [2.45, 2.75) is 18.0 Å². The third-order valence-electron chi connectivity index (χ3n) is 4.01. The van der Waals surface area contributed by atoms with Crippen LogP contribution in [0.2, 0.25) is 0 Å². The van der Waals surface area contributed by atoms with Crippen LogP contribution in [0.25, 0.3) is 0 Å². The smallest absolute Gasteiger partial charge is 0.256 e. The Morgan fingerprint density at radius 2 is 2.18 bits per heavy atom. The van der Waals surface area contributed by atoms with Crippen LogP contribution in [-0.4, -0.2) is 28.5 Å². The van der Waals surface area contributed by atoms with Gasteiger partial charge in [-0.05, 0) is 23.8 Å². The SMILES string of the molecule is O=C(NCc1ccco1)[C@@H]1CS[C@H]2c3ccccc3C(=O)N12. The Balaban J connectivity index is 1.51. The largest absolute Gasteiger partial charge is 0.467 e. The van der Waals surface area contributed by atoms with Gasteiger partial charge in [0.05, 0.1) is 12.8 Å². The van der Waals surface area contributed by atoms with Gasteiger partial charge in [0, 0.05) is 11.3 Å². The molecule has 5 nitrogen and oxygen atoms in total. The highest BCUT2D eigenvalue weighted by molar-refractivity contribution is 7.99. The number of hydrogen-bond acceptors (Lipinski definition) is 4. The van der Waals surface area contributed by atoms with E-state index >= 15 is 0 Å². The number of carbonyl (C=O) groups is 2. The maximum Gasteiger partial charge on any atom is 0.256 e. The Morgan fingerprint density at radius 3 is 3.00 bits per heavy atom. The van der Waals surface area contributed by atoms with Gasteiger partial charge < -0.3 is 14.6 Å². The molecule has 2 aromatic rings. The molecular weight excluding hydrogens is 300 g/mol. The minimum absolute atomic E-state index is 0.0388. The van der Waals surface area contributed by atoms with Crippen molar-refractivity contribution in [1.29, 1.82) is 0 Å². The molecule has 3 heterocycles. The highest BCUT2D eigenvalue weighted by atomic mass is 32.2. The van der Waals surface area contributed by atoms with E-state index in [9.17, 15) is 9.59 Å². The summed E-state index contributed by atoms with van der Waals surface area (Å²) >= 11 is 1.64. The van der Waals surface area contributed by atoms with Crippen molar-refractivity contribution in [2.24, 2.45) is 0 Å². The van der Waals surface area contributed by atoms with Crippen LogP contribution in [0.1, 0.15) is 27.1 Å². The monoisotopic (exact) mass is 314 g/mol. The normalized spacial score (nSPS) is 22.5. The molecule has 2 aliphatic heterocycles. The Hall–Kier alpha value is -2.21. The molecule has 1 N–H and O–H groups in total. The number of nitrogens with zero attached hydrogens (tertiary/aromatic N) is 1. The first-order chi connectivity index (χ1) is 10.8. The average molecular weight is 314 g/mol. The minimum Gasteiger partial charge on any atom is -0.467 e. The first-order valence-electron chi connectivity index (χ1n) is 7.09. The fraction of sp³-hybridized carbons (Fsp3) is 0.250. The van der Waals surface area contributed by atoms with Gasteiger partial charge in [0.1, 0.15) is 17.2 Å². The van der Waals surface area contributed by atoms with Crippen molar-refractivity contribution in [3.8, 4) is 0 Å². The van der Waals surface area contributed by atoms with Crippen molar-refractivity contribution in [3.05, 3.63) is 59.5 Å². The fourth-order valence-electron chi connectivity index (χ4n) is 2.95. The molecule has 22 heavy (non-hydrogen) atoms. The average Bonchev–Trinajstić information content (AvgIpc) is 3.25. The lowest BCUT2D eigenvalue weighted by atomic mass is 10.1. The van der Waals surface area contributed by atoms with Crippen LogP contribution >= 0.6 is 11.8 Å². The van der Waals surface area contributed by atoms with Crippen molar-refractivity contribution in [3.63, 3.8) is 0 Å². The molecule has 4 rings (SSSR count). The Bertz CT molecular complexity index is 729. The predicted octanol–water partition coefficient (Wildman–Crippen LogP) is 2.17. The summed E-state index contributed by atoms with van der Waals surface area (Å²) < 4.78 is 5.20. The van der Waals surface area contributed by atoms with E-state index in [-0.39, 0.29) is 17.2 Å². The van der Waals surface area contributed by atoms with Gasteiger partial charge in [0.15, 0.2) is 0 Å². The van der Waals surface area contributed by atoms with E-state index in [1.54, 1.807) is 29.0 Å². The third-order valence-corrected chi connectivity index (χ3v) is 5.32. The molecule has 0 aliphatic carbocycles. The molecule has 0 spiro atoms. The summed E-state index contributed by atoms with van der Waals surface area (Å²) in [5, 5.41) is 2.81. The van der Waals surface area contributed by atoms with Crippen LogP contribution in [0.4, 0.5) is 0 Å². The molecule has 0 radical (unpaired) electrons. The zero-order valence-electron chi connectivity index (χ0n) is 11.7. The number of hydrogen-bond donors (Lipinski definition) is 1. The van der Waals surface area contributed by atoms with Gasteiger partial charge in [0.2, 0.25) is 5.91 Å². The van der Waals surface area contributed by atoms with Gasteiger partial charge >= 0.3 is 0 Å². The molecule has 2 amide bonds. The summed E-state index contributed by atoms with van der Waals surface area (Å²) in [6, 6.07) is 10.7. The van der Waals surface area contributed by atoms with E-state index in [0.717, 1.165) is 5.56 Å². The molecule has 0 unspecified atom stereocenters. The molecular formula is C16H14N2O3S. The predicted molar refractivity (Wildman–Crippen MR) is 82.2 cm³/mol.